The van der Waals surface area contributed by atoms with Gasteiger partial charge in [0.15, 0.2) is 0 Å². The van der Waals surface area contributed by atoms with Gasteiger partial charge in [-0.25, -0.2) is 0 Å². The second-order valence-corrected chi connectivity index (χ2v) is 19.0. The van der Waals surface area contributed by atoms with Gasteiger partial charge in [-0.1, -0.05) is 200 Å². The standard InChI is InChI=1S/C68H48N2O/c1-2-20-52-49(17-1)44-62(57-24-4-3-23-56(52)57)46-37-41-51(42-38-46)69(50-39-35-45(36-40-50)55-28-16-29-61-60-27-9-14-34-67(60)71-68(55)61)63-30-10-5-21-53(63)47-18-15-19-48(43-47)54-22-6-11-31-64(54)70-65-32-12-7-25-58(65)59-26-8-13-33-66(59)70/h1-7,9-25,27-44,53,63H,8,26H2. The third-order valence-corrected chi connectivity index (χ3v) is 15.1. The van der Waals surface area contributed by atoms with Crippen LogP contribution in [0.15, 0.2) is 253 Å². The molecule has 12 aromatic rings. The molecule has 0 bridgehead atoms. The molecule has 2 aliphatic carbocycles. The lowest BCUT2D eigenvalue weighted by Gasteiger charge is -2.38. The molecule has 0 aliphatic heterocycles. The van der Waals surface area contributed by atoms with E-state index in [4.69, 9.17) is 4.42 Å². The highest BCUT2D eigenvalue weighted by Crippen LogP contribution is 2.44. The molecule has 0 amide bonds. The van der Waals surface area contributed by atoms with Gasteiger partial charge in [-0.2, -0.15) is 0 Å². The summed E-state index contributed by atoms with van der Waals surface area (Å²) in [6.45, 7) is 0. The van der Waals surface area contributed by atoms with Crippen LogP contribution >= 0.6 is 0 Å². The van der Waals surface area contributed by atoms with Crippen LogP contribution in [0.4, 0.5) is 11.4 Å². The minimum Gasteiger partial charge on any atom is -0.455 e. The van der Waals surface area contributed by atoms with Crippen LogP contribution in [0, 0.1) is 0 Å². The number of fused-ring (bicyclic) bond motifs is 9. The molecule has 2 aromatic heterocycles. The van der Waals surface area contributed by atoms with Crippen molar-refractivity contribution in [1.29, 1.82) is 0 Å². The van der Waals surface area contributed by atoms with Crippen molar-refractivity contribution in [3.05, 3.63) is 266 Å². The molecule has 2 heterocycles. The van der Waals surface area contributed by atoms with Gasteiger partial charge in [0.25, 0.3) is 0 Å². The van der Waals surface area contributed by atoms with Crippen LogP contribution in [0.25, 0.3) is 99.5 Å². The van der Waals surface area contributed by atoms with E-state index in [0.29, 0.717) is 0 Å². The maximum absolute atomic E-state index is 6.52. The molecule has 0 radical (unpaired) electrons. The number of allylic oxidation sites excluding steroid dienone is 3. The monoisotopic (exact) mass is 908 g/mol. The number of hydrogen-bond donors (Lipinski definition) is 0. The van der Waals surface area contributed by atoms with Crippen LogP contribution in [-0.4, -0.2) is 10.6 Å². The molecule has 2 aliphatic rings. The zero-order valence-electron chi connectivity index (χ0n) is 39.1. The summed E-state index contributed by atoms with van der Waals surface area (Å²) in [6.07, 6.45) is 16.0. The normalized spacial score (nSPS) is 15.3. The summed E-state index contributed by atoms with van der Waals surface area (Å²) in [4.78, 5) is 2.53. The van der Waals surface area contributed by atoms with E-state index in [1.54, 1.807) is 0 Å². The van der Waals surface area contributed by atoms with E-state index < -0.39 is 0 Å². The first kappa shape index (κ1) is 41.1. The molecule has 14 rings (SSSR count). The van der Waals surface area contributed by atoms with Crippen LogP contribution in [0.1, 0.15) is 29.2 Å². The van der Waals surface area contributed by atoms with Crippen LogP contribution < -0.4 is 4.90 Å². The second kappa shape index (κ2) is 16.9. The molecule has 0 saturated carbocycles. The fourth-order valence-corrected chi connectivity index (χ4v) is 11.8. The Kier molecular flexibility index (Phi) is 9.80. The third kappa shape index (κ3) is 6.88. The van der Waals surface area contributed by atoms with E-state index in [-0.39, 0.29) is 12.0 Å². The van der Waals surface area contributed by atoms with Gasteiger partial charge in [0.05, 0.1) is 17.2 Å². The summed E-state index contributed by atoms with van der Waals surface area (Å²) in [5.74, 6) is 0.0447. The first-order valence-corrected chi connectivity index (χ1v) is 24.9. The minimum atomic E-state index is -0.0342. The Morgan fingerprint density at radius 3 is 1.96 bits per heavy atom. The highest BCUT2D eigenvalue weighted by Gasteiger charge is 2.30. The van der Waals surface area contributed by atoms with Crippen LogP contribution in [-0.2, 0) is 6.42 Å². The maximum Gasteiger partial charge on any atom is 0.143 e. The van der Waals surface area contributed by atoms with E-state index >= 15 is 0 Å². The van der Waals surface area contributed by atoms with Crippen molar-refractivity contribution in [3.63, 3.8) is 0 Å². The average molecular weight is 909 g/mol. The Hall–Kier alpha value is -8.92. The fraction of sp³-hybridized carbons (Fsp3) is 0.0588. The Morgan fingerprint density at radius 1 is 0.465 bits per heavy atom. The topological polar surface area (TPSA) is 21.3 Å². The molecule has 10 aromatic carbocycles. The highest BCUT2D eigenvalue weighted by molar-refractivity contribution is 6.14. The smallest absolute Gasteiger partial charge is 0.143 e. The first-order chi connectivity index (χ1) is 35.2. The van der Waals surface area contributed by atoms with Crippen LogP contribution in [0.3, 0.4) is 0 Å². The molecular formula is C68H48N2O. The summed E-state index contributed by atoms with van der Waals surface area (Å²) in [6, 6.07) is 80.1. The number of aryl methyl sites for hydroxylation is 1. The quantitative estimate of drug-likeness (QED) is 0.142. The Balaban J connectivity index is 0.884. The van der Waals surface area contributed by atoms with Crippen molar-refractivity contribution in [1.82, 2.24) is 4.57 Å². The molecule has 336 valence electrons. The van der Waals surface area contributed by atoms with Crippen molar-refractivity contribution >= 4 is 71.8 Å². The van der Waals surface area contributed by atoms with Gasteiger partial charge in [0.2, 0.25) is 0 Å². The summed E-state index contributed by atoms with van der Waals surface area (Å²) >= 11 is 0. The molecular weight excluding hydrogens is 861 g/mol. The summed E-state index contributed by atoms with van der Waals surface area (Å²) in [7, 11) is 0. The number of anilines is 2. The molecule has 71 heavy (non-hydrogen) atoms. The van der Waals surface area contributed by atoms with Gasteiger partial charge in [0, 0.05) is 50.3 Å². The summed E-state index contributed by atoms with van der Waals surface area (Å²) in [5.41, 5.74) is 17.6. The second-order valence-electron chi connectivity index (χ2n) is 19.0. The van der Waals surface area contributed by atoms with Gasteiger partial charge in [-0.3, -0.25) is 0 Å². The largest absolute Gasteiger partial charge is 0.455 e. The van der Waals surface area contributed by atoms with Crippen molar-refractivity contribution in [2.24, 2.45) is 0 Å². The van der Waals surface area contributed by atoms with Crippen molar-refractivity contribution in [2.45, 2.75) is 24.8 Å². The SMILES string of the molecule is C1=CC(c2cccc(-c3ccccc3-n3c4c(c5ccccc53)CCC=C4)c2)C(N(c2ccc(-c3cc4ccccc4c4ccccc34)cc2)c2ccc(-c3cccc4c3oc3ccccc34)cc2)C=C1. The van der Waals surface area contributed by atoms with Crippen LogP contribution in [0.2, 0.25) is 0 Å². The number of para-hydroxylation sites is 4. The molecule has 0 saturated heterocycles. The van der Waals surface area contributed by atoms with Gasteiger partial charge in [-0.05, 0) is 122 Å². The van der Waals surface area contributed by atoms with E-state index in [9.17, 15) is 0 Å². The Labute approximate surface area is 413 Å². The first-order valence-electron chi connectivity index (χ1n) is 24.9. The maximum atomic E-state index is 6.52. The number of nitrogens with zero attached hydrogens (tertiary/aromatic N) is 2. The van der Waals surface area contributed by atoms with E-state index in [0.717, 1.165) is 57.3 Å². The zero-order valence-corrected chi connectivity index (χ0v) is 39.1. The number of benzene rings is 10. The van der Waals surface area contributed by atoms with Crippen LogP contribution in [0.5, 0.6) is 0 Å². The molecule has 0 fully saturated rings. The van der Waals surface area contributed by atoms with Crippen molar-refractivity contribution < 1.29 is 4.42 Å². The van der Waals surface area contributed by atoms with E-state index in [2.05, 4.69) is 258 Å². The van der Waals surface area contributed by atoms with Gasteiger partial charge in [0.1, 0.15) is 11.2 Å². The molecule has 3 nitrogen and oxygen atoms in total. The van der Waals surface area contributed by atoms with Gasteiger partial charge >= 0.3 is 0 Å². The zero-order chi connectivity index (χ0) is 46.8. The lowest BCUT2D eigenvalue weighted by Crippen LogP contribution is -2.35. The predicted molar refractivity (Wildman–Crippen MR) is 299 cm³/mol. The Morgan fingerprint density at radius 2 is 1.11 bits per heavy atom. The number of aromatic nitrogens is 1. The fourth-order valence-electron chi connectivity index (χ4n) is 11.8. The lowest BCUT2D eigenvalue weighted by molar-refractivity contribution is 0.670. The summed E-state index contributed by atoms with van der Waals surface area (Å²) < 4.78 is 9.01. The molecule has 2 atom stereocenters. The van der Waals surface area contributed by atoms with Gasteiger partial charge < -0.3 is 13.9 Å². The van der Waals surface area contributed by atoms with E-state index in [1.165, 1.54) is 77.2 Å². The number of furan rings is 1. The number of hydrogen-bond acceptors (Lipinski definition) is 2. The van der Waals surface area contributed by atoms with Crippen molar-refractivity contribution in [3.8, 4) is 39.1 Å². The third-order valence-electron chi connectivity index (χ3n) is 15.1. The average Bonchev–Trinajstić information content (AvgIpc) is 4.00. The number of rotatable bonds is 8. The predicted octanol–water partition coefficient (Wildman–Crippen LogP) is 18.2. The minimum absolute atomic E-state index is 0.0342. The Bertz CT molecular complexity index is 4120. The summed E-state index contributed by atoms with van der Waals surface area (Å²) in [5, 5.41) is 8.67. The lowest BCUT2D eigenvalue weighted by atomic mass is 9.85. The molecule has 3 heteroatoms. The van der Waals surface area contributed by atoms with Crippen molar-refractivity contribution in [2.75, 3.05) is 4.90 Å². The molecule has 2 unspecified atom stereocenters. The highest BCUT2D eigenvalue weighted by atomic mass is 16.3. The molecule has 0 spiro atoms. The van der Waals surface area contributed by atoms with Gasteiger partial charge in [-0.15, -0.1) is 0 Å². The molecule has 0 N–H and O–H groups in total. The van der Waals surface area contributed by atoms with E-state index in [1.807, 2.05) is 6.07 Å².